The summed E-state index contributed by atoms with van der Waals surface area (Å²) in [5.74, 6) is -0.159. The number of para-hydroxylation sites is 1. The Morgan fingerprint density at radius 2 is 2.05 bits per heavy atom. The van der Waals surface area contributed by atoms with Crippen molar-refractivity contribution in [2.75, 3.05) is 7.11 Å². The Balaban J connectivity index is 2.53. The van der Waals surface area contributed by atoms with Crippen LogP contribution in [0.5, 0.6) is 5.75 Å². The van der Waals surface area contributed by atoms with E-state index in [-0.39, 0.29) is 11.7 Å². The molecule has 102 valence electrons. The Kier molecular flexibility index (Phi) is 4.20. The third kappa shape index (κ3) is 2.72. The molecule has 0 aliphatic carbocycles. The second kappa shape index (κ2) is 6.06. The molecule has 0 aliphatic rings. The summed E-state index contributed by atoms with van der Waals surface area (Å²) < 4.78 is 4.77. The van der Waals surface area contributed by atoms with Gasteiger partial charge in [0.1, 0.15) is 5.75 Å². The maximum Gasteiger partial charge on any atom is 0.338 e. The topological polar surface area (TPSA) is 46.5 Å². The third-order valence-electron chi connectivity index (χ3n) is 3.09. The van der Waals surface area contributed by atoms with Crippen LogP contribution in [0, 0.1) is 0 Å². The second-order valence-corrected chi connectivity index (χ2v) is 4.37. The van der Waals surface area contributed by atoms with E-state index < -0.39 is 0 Å². The Morgan fingerprint density at radius 3 is 2.70 bits per heavy atom. The maximum absolute atomic E-state index is 11.7. The number of phenolic OH excluding ortho intramolecular Hbond substituents is 1. The van der Waals surface area contributed by atoms with Crippen molar-refractivity contribution in [3.05, 3.63) is 66.2 Å². The van der Waals surface area contributed by atoms with Gasteiger partial charge in [-0.3, -0.25) is 0 Å². The highest BCUT2D eigenvalue weighted by atomic mass is 16.5. The molecule has 0 bridgehead atoms. The highest BCUT2D eigenvalue weighted by molar-refractivity contribution is 5.92. The molecule has 0 heterocycles. The van der Waals surface area contributed by atoms with E-state index in [1.165, 1.54) is 7.11 Å². The number of rotatable bonds is 4. The summed E-state index contributed by atoms with van der Waals surface area (Å²) in [4.78, 5) is 11.7. The van der Waals surface area contributed by atoms with Gasteiger partial charge < -0.3 is 9.84 Å². The molecule has 3 nitrogen and oxygen atoms in total. The van der Waals surface area contributed by atoms with Gasteiger partial charge in [-0.2, -0.15) is 0 Å². The van der Waals surface area contributed by atoms with E-state index in [0.29, 0.717) is 12.0 Å². The summed E-state index contributed by atoms with van der Waals surface area (Å²) in [5, 5.41) is 9.90. The highest BCUT2D eigenvalue weighted by Crippen LogP contribution is 2.30. The van der Waals surface area contributed by atoms with Crippen LogP contribution in [-0.4, -0.2) is 18.2 Å². The molecule has 20 heavy (non-hydrogen) atoms. The molecule has 0 saturated carbocycles. The monoisotopic (exact) mass is 268 g/mol. The lowest BCUT2D eigenvalue weighted by atomic mass is 9.97. The molecule has 0 saturated heterocycles. The van der Waals surface area contributed by atoms with E-state index in [2.05, 4.69) is 6.58 Å². The fourth-order valence-corrected chi connectivity index (χ4v) is 2.11. The van der Waals surface area contributed by atoms with Gasteiger partial charge in [0.15, 0.2) is 0 Å². The van der Waals surface area contributed by atoms with Crippen LogP contribution in [0.15, 0.2) is 55.1 Å². The van der Waals surface area contributed by atoms with Crippen LogP contribution >= 0.6 is 0 Å². The zero-order valence-electron chi connectivity index (χ0n) is 11.3. The molecule has 2 rings (SSSR count). The van der Waals surface area contributed by atoms with Crippen molar-refractivity contribution in [2.45, 2.75) is 6.42 Å². The third-order valence-corrected chi connectivity index (χ3v) is 3.09. The second-order valence-electron chi connectivity index (χ2n) is 4.37. The number of carbonyl (C=O) groups is 1. The van der Waals surface area contributed by atoms with Crippen molar-refractivity contribution < 1.29 is 14.6 Å². The lowest BCUT2D eigenvalue weighted by Crippen LogP contribution is -2.05. The van der Waals surface area contributed by atoms with Gasteiger partial charge in [0.2, 0.25) is 0 Å². The van der Waals surface area contributed by atoms with Crippen molar-refractivity contribution in [2.24, 2.45) is 0 Å². The molecule has 2 aromatic rings. The molecular formula is C17H16O3. The van der Waals surface area contributed by atoms with Gasteiger partial charge in [0, 0.05) is 5.56 Å². The minimum atomic E-state index is -0.370. The lowest BCUT2D eigenvalue weighted by Gasteiger charge is -2.10. The zero-order chi connectivity index (χ0) is 14.5. The average Bonchev–Trinajstić information content (AvgIpc) is 2.47. The van der Waals surface area contributed by atoms with Crippen molar-refractivity contribution in [1.29, 1.82) is 0 Å². The molecule has 0 radical (unpaired) electrons. The number of benzene rings is 2. The van der Waals surface area contributed by atoms with Crippen molar-refractivity contribution in [3.8, 4) is 16.9 Å². The average molecular weight is 268 g/mol. The molecule has 0 aliphatic heterocycles. The number of hydrogen-bond donors (Lipinski definition) is 1. The molecule has 0 aromatic heterocycles. The summed E-state index contributed by atoms with van der Waals surface area (Å²) in [5.41, 5.74) is 2.93. The van der Waals surface area contributed by atoms with Gasteiger partial charge in [0.05, 0.1) is 12.7 Å². The van der Waals surface area contributed by atoms with Gasteiger partial charge in [0.25, 0.3) is 0 Å². The summed E-state index contributed by atoms with van der Waals surface area (Å²) in [6.07, 6.45) is 2.29. The van der Waals surface area contributed by atoms with Crippen LogP contribution in [0.25, 0.3) is 11.1 Å². The van der Waals surface area contributed by atoms with Crippen LogP contribution in [0.2, 0.25) is 0 Å². The van der Waals surface area contributed by atoms with E-state index in [0.717, 1.165) is 16.7 Å². The molecular weight excluding hydrogens is 252 g/mol. The molecule has 2 aromatic carbocycles. The number of aromatic hydroxyl groups is 1. The summed E-state index contributed by atoms with van der Waals surface area (Å²) in [7, 11) is 1.36. The predicted octanol–water partition coefficient (Wildman–Crippen LogP) is 3.57. The molecule has 0 atom stereocenters. The number of ether oxygens (including phenoxy) is 1. The number of phenols is 1. The summed E-state index contributed by atoms with van der Waals surface area (Å²) in [6.45, 7) is 3.70. The molecule has 0 unspecified atom stereocenters. The maximum atomic E-state index is 11.7. The first-order chi connectivity index (χ1) is 9.67. The van der Waals surface area contributed by atoms with Gasteiger partial charge in [-0.05, 0) is 35.7 Å². The highest BCUT2D eigenvalue weighted by Gasteiger charge is 2.13. The molecule has 1 N–H and O–H groups in total. The quantitative estimate of drug-likeness (QED) is 0.681. The van der Waals surface area contributed by atoms with Crippen LogP contribution in [-0.2, 0) is 11.2 Å². The zero-order valence-corrected chi connectivity index (χ0v) is 11.3. The Bertz CT molecular complexity index is 644. The summed E-state index contributed by atoms with van der Waals surface area (Å²) >= 11 is 0. The van der Waals surface area contributed by atoms with Gasteiger partial charge in [-0.15, -0.1) is 6.58 Å². The van der Waals surface area contributed by atoms with E-state index >= 15 is 0 Å². The number of carbonyl (C=O) groups excluding carboxylic acids is 1. The van der Waals surface area contributed by atoms with Gasteiger partial charge >= 0.3 is 5.97 Å². The van der Waals surface area contributed by atoms with Gasteiger partial charge in [-0.25, -0.2) is 4.79 Å². The molecule has 0 amide bonds. The van der Waals surface area contributed by atoms with Gasteiger partial charge in [-0.1, -0.05) is 30.3 Å². The normalized spacial score (nSPS) is 10.1. The molecule has 3 heteroatoms. The first kappa shape index (κ1) is 13.9. The van der Waals surface area contributed by atoms with Crippen LogP contribution in [0.4, 0.5) is 0 Å². The minimum Gasteiger partial charge on any atom is -0.507 e. The number of esters is 1. The van der Waals surface area contributed by atoms with Crippen molar-refractivity contribution in [1.82, 2.24) is 0 Å². The van der Waals surface area contributed by atoms with Crippen LogP contribution in [0.3, 0.4) is 0 Å². The SMILES string of the molecule is C=CCc1cc(-c2ccccc2O)ccc1C(=O)OC. The van der Waals surface area contributed by atoms with Crippen molar-refractivity contribution in [3.63, 3.8) is 0 Å². The Labute approximate surface area is 118 Å². The Hall–Kier alpha value is -2.55. The van der Waals surface area contributed by atoms with E-state index in [4.69, 9.17) is 4.74 Å². The first-order valence-corrected chi connectivity index (χ1v) is 6.28. The fourth-order valence-electron chi connectivity index (χ4n) is 2.11. The predicted molar refractivity (Wildman–Crippen MR) is 78.8 cm³/mol. The van der Waals surface area contributed by atoms with Crippen LogP contribution in [0.1, 0.15) is 15.9 Å². The minimum absolute atomic E-state index is 0.211. The number of allylic oxidation sites excluding steroid dienone is 1. The first-order valence-electron chi connectivity index (χ1n) is 6.28. The van der Waals surface area contributed by atoms with Crippen molar-refractivity contribution >= 4 is 5.97 Å². The summed E-state index contributed by atoms with van der Waals surface area (Å²) in [6, 6.07) is 12.5. The largest absolute Gasteiger partial charge is 0.507 e. The standard InChI is InChI=1S/C17H16O3/c1-3-6-12-11-13(9-10-15(12)17(19)20-2)14-7-4-5-8-16(14)18/h3-5,7-11,18H,1,6H2,2H3. The fraction of sp³-hybridized carbons (Fsp3) is 0.118. The Morgan fingerprint density at radius 1 is 1.30 bits per heavy atom. The van der Waals surface area contributed by atoms with E-state index in [1.807, 2.05) is 18.2 Å². The van der Waals surface area contributed by atoms with Crippen LogP contribution < -0.4 is 0 Å². The number of hydrogen-bond acceptors (Lipinski definition) is 3. The van der Waals surface area contributed by atoms with E-state index in [1.54, 1.807) is 30.3 Å². The molecule has 0 spiro atoms. The lowest BCUT2D eigenvalue weighted by molar-refractivity contribution is 0.0599. The smallest absolute Gasteiger partial charge is 0.338 e. The molecule has 0 fully saturated rings. The van der Waals surface area contributed by atoms with E-state index in [9.17, 15) is 9.90 Å². The number of methoxy groups -OCH3 is 1.